The van der Waals surface area contributed by atoms with E-state index in [1.54, 1.807) is 12.6 Å². The zero-order valence-corrected chi connectivity index (χ0v) is 24.8. The predicted molar refractivity (Wildman–Crippen MR) is 162 cm³/mol. The van der Waals surface area contributed by atoms with Gasteiger partial charge >= 0.3 is 0 Å². The third-order valence-electron chi connectivity index (χ3n) is 8.12. The highest BCUT2D eigenvalue weighted by Gasteiger charge is 2.32. The Morgan fingerprint density at radius 1 is 1.10 bits per heavy atom. The van der Waals surface area contributed by atoms with Crippen molar-refractivity contribution in [3.8, 4) is 11.8 Å². The average molecular weight is 560 g/mol. The van der Waals surface area contributed by atoms with Crippen molar-refractivity contribution in [1.29, 1.82) is 0 Å². The van der Waals surface area contributed by atoms with Gasteiger partial charge in [0.2, 0.25) is 5.91 Å². The second kappa shape index (κ2) is 14.4. The van der Waals surface area contributed by atoms with Crippen LogP contribution in [-0.2, 0) is 9.53 Å². The van der Waals surface area contributed by atoms with Crippen LogP contribution >= 0.6 is 11.3 Å². The van der Waals surface area contributed by atoms with Crippen molar-refractivity contribution in [2.45, 2.75) is 71.3 Å². The first-order valence-electron chi connectivity index (χ1n) is 14.3. The summed E-state index contributed by atoms with van der Waals surface area (Å²) in [4.78, 5) is 15.9. The summed E-state index contributed by atoms with van der Waals surface area (Å²) >= 11 is 1.41. The Bertz CT molecular complexity index is 1270. The Morgan fingerprint density at radius 2 is 1.82 bits per heavy atom. The fourth-order valence-electron chi connectivity index (χ4n) is 5.70. The largest absolute Gasteiger partial charge is 0.497 e. The van der Waals surface area contributed by atoms with E-state index in [4.69, 9.17) is 4.74 Å². The lowest BCUT2D eigenvalue weighted by Gasteiger charge is -2.36. The maximum atomic E-state index is 13.9. The Kier molecular flexibility index (Phi) is 10.7. The molecule has 0 atom stereocenters. The van der Waals surface area contributed by atoms with Crippen LogP contribution < -0.4 is 4.90 Å². The molecule has 0 spiro atoms. The van der Waals surface area contributed by atoms with Gasteiger partial charge in [-0.2, -0.15) is 0 Å². The van der Waals surface area contributed by atoms with Crippen LogP contribution in [0.5, 0.6) is 0 Å². The second-order valence-corrected chi connectivity index (χ2v) is 12.0. The molecule has 1 amide bonds. The predicted octanol–water partition coefficient (Wildman–Crippen LogP) is 6.68. The van der Waals surface area contributed by atoms with Crippen molar-refractivity contribution in [3.05, 3.63) is 76.0 Å². The number of aliphatic hydroxyl groups is 1. The molecule has 0 saturated heterocycles. The van der Waals surface area contributed by atoms with E-state index < -0.39 is 0 Å². The van der Waals surface area contributed by atoms with Crippen LogP contribution in [0.25, 0.3) is 0 Å². The molecule has 0 bridgehead atoms. The van der Waals surface area contributed by atoms with Gasteiger partial charge < -0.3 is 14.7 Å². The molecule has 1 N–H and O–H groups in total. The average Bonchev–Trinajstić information content (AvgIpc) is 3.49. The molecule has 1 heterocycles. The molecule has 1 aromatic heterocycles. The van der Waals surface area contributed by atoms with E-state index in [1.165, 1.54) is 11.3 Å². The van der Waals surface area contributed by atoms with E-state index in [1.807, 2.05) is 49.1 Å². The Labute approximate surface area is 242 Å². The Hall–Kier alpha value is -3.21. The van der Waals surface area contributed by atoms with Crippen molar-refractivity contribution < 1.29 is 14.6 Å². The number of allylic oxidation sites excluding steroid dienone is 4. The van der Waals surface area contributed by atoms with Crippen molar-refractivity contribution in [2.75, 3.05) is 18.6 Å². The van der Waals surface area contributed by atoms with Gasteiger partial charge in [-0.15, -0.1) is 10.2 Å². The van der Waals surface area contributed by atoms with Gasteiger partial charge in [0.1, 0.15) is 11.3 Å². The van der Waals surface area contributed by atoms with Gasteiger partial charge in [0.15, 0.2) is 5.01 Å². The second-order valence-electron chi connectivity index (χ2n) is 11.2. The molecule has 2 saturated carbocycles. The van der Waals surface area contributed by atoms with Gasteiger partial charge in [0.25, 0.3) is 0 Å². The summed E-state index contributed by atoms with van der Waals surface area (Å²) in [6.07, 6.45) is 10.9. The van der Waals surface area contributed by atoms with Crippen LogP contribution in [-0.4, -0.2) is 41.0 Å². The molecule has 7 heteroatoms. The monoisotopic (exact) mass is 559 g/mol. The summed E-state index contributed by atoms with van der Waals surface area (Å²) in [6.45, 7) is 9.13. The molecule has 2 aliphatic rings. The van der Waals surface area contributed by atoms with Gasteiger partial charge in [0.05, 0.1) is 13.2 Å². The van der Waals surface area contributed by atoms with E-state index >= 15 is 0 Å². The number of hydrogen-bond donors (Lipinski definition) is 1. The molecule has 2 aromatic rings. The maximum Gasteiger partial charge on any atom is 0.230 e. The number of carbonyl (C=O) groups excluding carboxylic acids is 1. The number of ether oxygens (including phenoxy) is 1. The van der Waals surface area contributed by atoms with Gasteiger partial charge in [-0.05, 0) is 113 Å². The maximum absolute atomic E-state index is 13.9. The third kappa shape index (κ3) is 8.16. The Balaban J connectivity index is 1.46. The number of aromatic nitrogens is 2. The highest BCUT2D eigenvalue weighted by molar-refractivity contribution is 7.09. The molecule has 0 unspecified atom stereocenters. The standard InChI is InChI=1S/C33H41N3O3S/c1-23(2)31(39-4)18-8-24(3)27-12-9-26(10-13-27)21-36(33(38)28-14-16-30(37)17-15-28)29-7-5-6-25(20-29)11-19-32-35-34-22-40-32/h5-8,18,20,22,26-28,30,37H,3,9-10,12-17,21H2,1-2,4H3/b18-8-/t26-,27-,28-,30-. The highest BCUT2D eigenvalue weighted by Crippen LogP contribution is 2.36. The van der Waals surface area contributed by atoms with Crippen LogP contribution in [0.4, 0.5) is 5.69 Å². The van der Waals surface area contributed by atoms with Crippen molar-refractivity contribution >= 4 is 22.9 Å². The van der Waals surface area contributed by atoms with Crippen LogP contribution in [0.15, 0.2) is 65.4 Å². The third-order valence-corrected chi connectivity index (χ3v) is 8.72. The molecule has 4 rings (SSSR count). The topological polar surface area (TPSA) is 75.5 Å². The van der Waals surface area contributed by atoms with E-state index in [9.17, 15) is 9.90 Å². The zero-order valence-electron chi connectivity index (χ0n) is 23.9. The SMILES string of the molecule is C=C(/C=C\C(OC)=C(C)C)[C@H]1CC[C@H](CN(c2cccc(C#Cc3nncs3)c2)C(=O)[C@H]2CC[C@H](O)CC2)CC1. The van der Waals surface area contributed by atoms with Crippen LogP contribution in [0.3, 0.4) is 0 Å². The number of rotatable bonds is 8. The van der Waals surface area contributed by atoms with Gasteiger partial charge in [0, 0.05) is 23.7 Å². The fraction of sp³-hybridized carbons (Fsp3) is 0.485. The molecule has 1 aromatic carbocycles. The molecular weight excluding hydrogens is 518 g/mol. The van der Waals surface area contributed by atoms with Crippen molar-refractivity contribution in [3.63, 3.8) is 0 Å². The summed E-state index contributed by atoms with van der Waals surface area (Å²) in [5, 5.41) is 18.5. The summed E-state index contributed by atoms with van der Waals surface area (Å²) in [6, 6.07) is 7.96. The Morgan fingerprint density at radius 3 is 2.48 bits per heavy atom. The number of benzene rings is 1. The lowest BCUT2D eigenvalue weighted by Crippen LogP contribution is -2.42. The molecule has 6 nitrogen and oxygen atoms in total. The molecule has 2 fully saturated rings. The van der Waals surface area contributed by atoms with Gasteiger partial charge in [-0.1, -0.05) is 41.6 Å². The normalized spacial score (nSPS) is 22.7. The number of nitrogens with zero attached hydrogens (tertiary/aromatic N) is 3. The number of hydrogen-bond acceptors (Lipinski definition) is 6. The first-order chi connectivity index (χ1) is 19.3. The van der Waals surface area contributed by atoms with E-state index in [-0.39, 0.29) is 17.9 Å². The number of anilines is 1. The summed E-state index contributed by atoms with van der Waals surface area (Å²) < 4.78 is 5.46. The smallest absolute Gasteiger partial charge is 0.230 e. The molecule has 40 heavy (non-hydrogen) atoms. The number of methoxy groups -OCH3 is 1. The van der Waals surface area contributed by atoms with Crippen molar-refractivity contribution in [1.82, 2.24) is 10.2 Å². The van der Waals surface area contributed by atoms with Crippen molar-refractivity contribution in [2.24, 2.45) is 17.8 Å². The molecular formula is C33H41N3O3S. The molecule has 0 radical (unpaired) electrons. The van der Waals surface area contributed by atoms with Crippen LogP contribution in [0, 0.1) is 29.6 Å². The van der Waals surface area contributed by atoms with E-state index in [0.29, 0.717) is 36.2 Å². The minimum Gasteiger partial charge on any atom is -0.497 e. The van der Waals surface area contributed by atoms with Crippen LogP contribution in [0.1, 0.15) is 75.8 Å². The zero-order chi connectivity index (χ0) is 28.5. The summed E-state index contributed by atoms with van der Waals surface area (Å²) in [7, 11) is 1.70. The number of carbonyl (C=O) groups is 1. The minimum atomic E-state index is -0.287. The fourth-order valence-corrected chi connectivity index (χ4v) is 6.10. The molecule has 2 aliphatic carbocycles. The number of amides is 1. The molecule has 0 aliphatic heterocycles. The summed E-state index contributed by atoms with van der Waals surface area (Å²) in [5.41, 5.74) is 5.70. The van der Waals surface area contributed by atoms with Gasteiger partial charge in [-0.25, -0.2) is 0 Å². The van der Waals surface area contributed by atoms with E-state index in [2.05, 4.69) is 34.7 Å². The lowest BCUT2D eigenvalue weighted by atomic mass is 9.78. The summed E-state index contributed by atoms with van der Waals surface area (Å²) in [5.74, 6) is 8.13. The highest BCUT2D eigenvalue weighted by atomic mass is 32.1. The number of aliphatic hydroxyl groups excluding tert-OH is 1. The lowest BCUT2D eigenvalue weighted by molar-refractivity contribution is -0.124. The first-order valence-corrected chi connectivity index (χ1v) is 15.2. The quantitative estimate of drug-likeness (QED) is 0.222. The molecule has 212 valence electrons. The first kappa shape index (κ1) is 29.8. The van der Waals surface area contributed by atoms with E-state index in [0.717, 1.165) is 66.7 Å². The van der Waals surface area contributed by atoms with Gasteiger partial charge in [-0.3, -0.25) is 4.79 Å². The van der Waals surface area contributed by atoms with Crippen LogP contribution in [0.2, 0.25) is 0 Å². The minimum absolute atomic E-state index is 0.0501.